The molecule has 0 heterocycles. The van der Waals surface area contributed by atoms with Gasteiger partial charge < -0.3 is 33.8 Å². The van der Waals surface area contributed by atoms with E-state index in [1.807, 2.05) is 26.0 Å². The number of esters is 3. The van der Waals surface area contributed by atoms with Crippen molar-refractivity contribution in [2.45, 2.75) is 103 Å². The second-order valence-electron chi connectivity index (χ2n) is 13.5. The van der Waals surface area contributed by atoms with Gasteiger partial charge in [0.15, 0.2) is 0 Å². The number of ether oxygens (including phenoxy) is 6. The first kappa shape index (κ1) is 49.6. The predicted molar refractivity (Wildman–Crippen MR) is 231 cm³/mol. The summed E-state index contributed by atoms with van der Waals surface area (Å²) in [4.78, 5) is 44.9. The number of hydrogen-bond acceptors (Lipinski definition) is 11. The highest BCUT2D eigenvalue weighted by molar-refractivity contribution is 5.93. The van der Waals surface area contributed by atoms with Crippen molar-refractivity contribution >= 4 is 30.4 Å². The predicted octanol–water partition coefficient (Wildman–Crippen LogP) is 10.4. The van der Waals surface area contributed by atoms with E-state index >= 15 is 0 Å². The van der Waals surface area contributed by atoms with Gasteiger partial charge in [0.1, 0.15) is 23.5 Å². The zero-order valence-electron chi connectivity index (χ0n) is 35.1. The summed E-state index contributed by atoms with van der Waals surface area (Å²) in [5.41, 5.74) is 2.83. The molecule has 0 unspecified atom stereocenters. The Bertz CT molecular complexity index is 1700. The average molecular weight is 814 g/mol. The van der Waals surface area contributed by atoms with Crippen LogP contribution in [0.4, 0.5) is 0 Å². The maximum absolute atomic E-state index is 12.7. The van der Waals surface area contributed by atoms with E-state index in [0.717, 1.165) is 89.1 Å². The molecule has 1 aliphatic carbocycles. The maximum atomic E-state index is 12.7. The molecule has 1 N–H and O–H groups in total. The van der Waals surface area contributed by atoms with Crippen molar-refractivity contribution in [2.24, 2.45) is 0 Å². The Hall–Kier alpha value is -5.55. The van der Waals surface area contributed by atoms with E-state index in [2.05, 4.69) is 13.2 Å². The van der Waals surface area contributed by atoms with Gasteiger partial charge in [0.05, 0.1) is 38.1 Å². The van der Waals surface area contributed by atoms with E-state index in [0.29, 0.717) is 66.6 Å². The average Bonchev–Trinajstić information content (AvgIpc) is 3.29. The van der Waals surface area contributed by atoms with Gasteiger partial charge in [0.25, 0.3) is 0 Å². The molecule has 11 heteroatoms. The zero-order valence-corrected chi connectivity index (χ0v) is 35.1. The molecule has 4 rings (SSSR count). The lowest BCUT2D eigenvalue weighted by molar-refractivity contribution is -0.138. The molecule has 0 saturated heterocycles. The van der Waals surface area contributed by atoms with Crippen molar-refractivity contribution in [3.8, 4) is 17.2 Å². The Morgan fingerprint density at radius 2 is 1.17 bits per heavy atom. The fourth-order valence-electron chi connectivity index (χ4n) is 6.11. The minimum atomic E-state index is -0.472. The lowest BCUT2D eigenvalue weighted by Gasteiger charge is -2.28. The Morgan fingerprint density at radius 1 is 0.678 bits per heavy atom. The quantitative estimate of drug-likeness (QED) is 0.0231. The van der Waals surface area contributed by atoms with Crippen molar-refractivity contribution in [3.63, 3.8) is 0 Å². The molecule has 59 heavy (non-hydrogen) atoms. The van der Waals surface area contributed by atoms with Crippen LogP contribution in [-0.4, -0.2) is 70.0 Å². The van der Waals surface area contributed by atoms with Gasteiger partial charge in [0, 0.05) is 36.6 Å². The Kier molecular flexibility index (Phi) is 25.7. The van der Waals surface area contributed by atoms with E-state index < -0.39 is 5.97 Å². The molecule has 0 radical (unpaired) electrons. The molecule has 0 amide bonds. The number of hydrogen-bond donors (Lipinski definition) is 1. The molecule has 11 nitrogen and oxygen atoms in total. The summed E-state index contributed by atoms with van der Waals surface area (Å²) in [6, 6.07) is 19.7. The molecule has 3 aromatic carbocycles. The number of unbranched alkanes of at least 4 members (excludes halogenated alkanes) is 6. The highest BCUT2D eigenvalue weighted by Gasteiger charge is 2.23. The zero-order chi connectivity index (χ0) is 43.1. The van der Waals surface area contributed by atoms with E-state index in [9.17, 15) is 19.2 Å². The van der Waals surface area contributed by atoms with Gasteiger partial charge in [-0.1, -0.05) is 33.1 Å². The second kappa shape index (κ2) is 30.5. The fourth-order valence-corrected chi connectivity index (χ4v) is 6.11. The molecule has 0 atom stereocenters. The highest BCUT2D eigenvalue weighted by atomic mass is 16.5. The molecule has 1 fully saturated rings. The number of aldehydes is 1. The third-order valence-electron chi connectivity index (χ3n) is 9.41. The number of carbonyl (C=O) groups excluding carboxylic acids is 4. The monoisotopic (exact) mass is 813 g/mol. The number of benzene rings is 3. The Morgan fingerprint density at radius 3 is 1.63 bits per heavy atom. The van der Waals surface area contributed by atoms with Gasteiger partial charge in [0.2, 0.25) is 0 Å². The summed E-state index contributed by atoms with van der Waals surface area (Å²) in [6.07, 6.45) is 16.3. The summed E-state index contributed by atoms with van der Waals surface area (Å²) >= 11 is 0. The minimum Gasteiger partial charge on any atom is -0.494 e. The van der Waals surface area contributed by atoms with Crippen LogP contribution in [0.1, 0.15) is 129 Å². The third kappa shape index (κ3) is 20.1. The number of carbonyl (C=O) groups is 4. The van der Waals surface area contributed by atoms with Gasteiger partial charge in [-0.15, -0.1) is 0 Å². The topological polar surface area (TPSA) is 148 Å². The van der Waals surface area contributed by atoms with Crippen LogP contribution in [0.3, 0.4) is 0 Å². The van der Waals surface area contributed by atoms with Crippen molar-refractivity contribution in [1.82, 2.24) is 0 Å². The number of rotatable bonds is 24. The van der Waals surface area contributed by atoms with Crippen molar-refractivity contribution in [1.29, 1.82) is 5.41 Å². The molecule has 0 aromatic heterocycles. The summed E-state index contributed by atoms with van der Waals surface area (Å²) in [6.45, 7) is 12.8. The largest absolute Gasteiger partial charge is 0.494 e. The van der Waals surface area contributed by atoms with E-state index in [1.54, 1.807) is 61.7 Å². The van der Waals surface area contributed by atoms with Crippen LogP contribution >= 0.6 is 0 Å². The molecular formula is C48H63NO10. The van der Waals surface area contributed by atoms with Gasteiger partial charge in [-0.25, -0.2) is 14.4 Å². The normalized spacial score (nSPS) is 14.1. The summed E-state index contributed by atoms with van der Waals surface area (Å²) in [7, 11) is 1.76. The second-order valence-corrected chi connectivity index (χ2v) is 13.5. The van der Waals surface area contributed by atoms with Crippen molar-refractivity contribution < 1.29 is 47.6 Å². The van der Waals surface area contributed by atoms with Crippen LogP contribution in [0.25, 0.3) is 0 Å². The molecule has 3 aromatic rings. The smallest absolute Gasteiger partial charge is 0.343 e. The van der Waals surface area contributed by atoms with Crippen LogP contribution in [0.5, 0.6) is 17.2 Å². The molecule has 320 valence electrons. The molecule has 0 bridgehead atoms. The number of nitrogens with one attached hydrogen (secondary N) is 1. The van der Waals surface area contributed by atoms with Crippen LogP contribution in [0.15, 0.2) is 92.0 Å². The van der Waals surface area contributed by atoms with Crippen molar-refractivity contribution in [3.05, 3.63) is 114 Å². The SMILES string of the molecule is C=CC(=O)OCCCCCCOc1ccc(C(=O)Oc2ccc(C3CCC(OC)CC3)cc2C=N)cc1.C=CC(=O)OCCCCCCOc1ccc(C=O)cc1.CC. The van der Waals surface area contributed by atoms with Crippen LogP contribution < -0.4 is 14.2 Å². The Labute approximate surface area is 350 Å². The van der Waals surface area contributed by atoms with E-state index in [4.69, 9.17) is 33.8 Å². The summed E-state index contributed by atoms with van der Waals surface area (Å²) in [5.74, 6) is 1.05. The molecular weight excluding hydrogens is 751 g/mol. The van der Waals surface area contributed by atoms with E-state index in [-0.39, 0.29) is 11.9 Å². The first-order valence-corrected chi connectivity index (χ1v) is 20.7. The molecule has 1 saturated carbocycles. The van der Waals surface area contributed by atoms with E-state index in [1.165, 1.54) is 23.9 Å². The van der Waals surface area contributed by atoms with Gasteiger partial charge in [-0.05, 0) is 149 Å². The van der Waals surface area contributed by atoms with Crippen molar-refractivity contribution in [2.75, 3.05) is 33.5 Å². The summed E-state index contributed by atoms with van der Waals surface area (Å²) in [5, 5.41) is 7.81. The van der Waals surface area contributed by atoms with Crippen LogP contribution in [-0.2, 0) is 23.8 Å². The third-order valence-corrected chi connectivity index (χ3v) is 9.41. The fraction of sp³-hybridized carbons (Fsp3) is 0.438. The van der Waals surface area contributed by atoms with Crippen LogP contribution in [0.2, 0.25) is 0 Å². The first-order valence-electron chi connectivity index (χ1n) is 20.7. The van der Waals surface area contributed by atoms with Gasteiger partial charge in [-0.2, -0.15) is 0 Å². The minimum absolute atomic E-state index is 0.336. The Balaban J connectivity index is 0.000000461. The molecule has 0 spiro atoms. The van der Waals surface area contributed by atoms with Crippen LogP contribution in [0, 0.1) is 5.41 Å². The van der Waals surface area contributed by atoms with Gasteiger partial charge >= 0.3 is 17.9 Å². The lowest BCUT2D eigenvalue weighted by Crippen LogP contribution is -2.19. The molecule has 1 aliphatic rings. The highest BCUT2D eigenvalue weighted by Crippen LogP contribution is 2.35. The van der Waals surface area contributed by atoms with Gasteiger partial charge in [-0.3, -0.25) is 4.79 Å². The lowest BCUT2D eigenvalue weighted by atomic mass is 9.82. The first-order chi connectivity index (χ1) is 28.8. The summed E-state index contributed by atoms with van der Waals surface area (Å²) < 4.78 is 32.2. The number of methoxy groups -OCH3 is 1. The molecule has 0 aliphatic heterocycles. The standard InChI is InChI=1S/C30H37NO6.C16H20O4.C2H6/c1-3-29(32)36-19-7-5-4-6-18-35-27-15-10-23(11-16-27)30(33)37-28-17-12-24(20-25(28)21-31)22-8-13-26(34-2)14-9-22;1-2-16(18)20-12-6-4-3-5-11-19-15-9-7-14(13-17)8-10-15;1-2/h3,10-12,15-17,20-22,26,31H,1,4-9,13-14,18-19H2,2H3;2,7-10,13H,1,3-6,11-12H2;1-2H3. The maximum Gasteiger partial charge on any atom is 0.343 e.